The number of aliphatic hydroxyl groups is 1. The second kappa shape index (κ2) is 8.13. The van der Waals surface area contributed by atoms with Crippen molar-refractivity contribution < 1.29 is 13.5 Å². The Bertz CT molecular complexity index is 1270. The summed E-state index contributed by atoms with van der Waals surface area (Å²) in [6.45, 7) is 1.87. The van der Waals surface area contributed by atoms with Gasteiger partial charge in [-0.2, -0.15) is 0 Å². The van der Waals surface area contributed by atoms with Crippen molar-refractivity contribution >= 4 is 33.2 Å². The zero-order valence-electron chi connectivity index (χ0n) is 16.4. The van der Waals surface area contributed by atoms with E-state index in [1.54, 1.807) is 60.7 Å². The number of aromatic nitrogens is 2. The Morgan fingerprint density at radius 3 is 1.81 bits per heavy atom. The Hall–Kier alpha value is -2.64. The van der Waals surface area contributed by atoms with Crippen LogP contribution in [0.2, 0.25) is 10.0 Å². The molecule has 1 heterocycles. The quantitative estimate of drug-likeness (QED) is 0.442. The highest BCUT2D eigenvalue weighted by molar-refractivity contribution is 7.90. The molecular formula is C23H18Cl2N2O3S. The number of halogens is 2. The van der Waals surface area contributed by atoms with Gasteiger partial charge in [0.05, 0.1) is 4.90 Å². The van der Waals surface area contributed by atoms with Crippen LogP contribution in [0.4, 0.5) is 0 Å². The van der Waals surface area contributed by atoms with Gasteiger partial charge in [0.15, 0.2) is 11.4 Å². The van der Waals surface area contributed by atoms with E-state index < -0.39 is 15.6 Å². The van der Waals surface area contributed by atoms with Crippen LogP contribution in [0.5, 0.6) is 0 Å². The van der Waals surface area contributed by atoms with Crippen LogP contribution in [0.15, 0.2) is 90.1 Å². The highest BCUT2D eigenvalue weighted by atomic mass is 35.5. The molecule has 1 N–H and O–H groups in total. The van der Waals surface area contributed by atoms with E-state index in [1.807, 2.05) is 6.92 Å². The van der Waals surface area contributed by atoms with Gasteiger partial charge < -0.3 is 5.11 Å². The molecule has 0 bridgehead atoms. The van der Waals surface area contributed by atoms with Crippen LogP contribution >= 0.6 is 23.2 Å². The molecule has 3 aromatic carbocycles. The van der Waals surface area contributed by atoms with E-state index in [2.05, 4.69) is 4.98 Å². The summed E-state index contributed by atoms with van der Waals surface area (Å²) >= 11 is 12.1. The Labute approximate surface area is 190 Å². The molecule has 5 nitrogen and oxygen atoms in total. The second-order valence-electron chi connectivity index (χ2n) is 7.09. The van der Waals surface area contributed by atoms with Crippen LogP contribution in [-0.2, 0) is 15.6 Å². The maximum atomic E-state index is 13.4. The lowest BCUT2D eigenvalue weighted by Gasteiger charge is -2.29. The fourth-order valence-electron chi connectivity index (χ4n) is 3.37. The summed E-state index contributed by atoms with van der Waals surface area (Å²) in [6, 6.07) is 19.5. The Morgan fingerprint density at radius 2 is 1.32 bits per heavy atom. The first-order valence-corrected chi connectivity index (χ1v) is 11.5. The van der Waals surface area contributed by atoms with Crippen LogP contribution < -0.4 is 0 Å². The van der Waals surface area contributed by atoms with Crippen molar-refractivity contribution in [2.24, 2.45) is 0 Å². The third kappa shape index (κ3) is 3.88. The Balaban J connectivity index is 1.96. The minimum atomic E-state index is -4.02. The van der Waals surface area contributed by atoms with Gasteiger partial charge in [-0.15, -0.1) is 0 Å². The molecule has 0 amide bonds. The summed E-state index contributed by atoms with van der Waals surface area (Å²) in [5, 5.41) is 13.0. The van der Waals surface area contributed by atoms with Crippen molar-refractivity contribution in [3.63, 3.8) is 0 Å². The molecule has 0 atom stereocenters. The summed E-state index contributed by atoms with van der Waals surface area (Å²) in [6.07, 6.45) is 2.67. The largest absolute Gasteiger partial charge is 0.373 e. The van der Waals surface area contributed by atoms with Gasteiger partial charge in [0.25, 0.3) is 10.0 Å². The molecule has 158 valence electrons. The highest BCUT2D eigenvalue weighted by Crippen LogP contribution is 2.37. The number of hydrogen-bond acceptors (Lipinski definition) is 4. The predicted octanol–water partition coefficient (Wildman–Crippen LogP) is 5.02. The van der Waals surface area contributed by atoms with Crippen LogP contribution in [0.3, 0.4) is 0 Å². The van der Waals surface area contributed by atoms with Gasteiger partial charge in [-0.25, -0.2) is 17.4 Å². The number of imidazole rings is 1. The molecule has 0 aliphatic heterocycles. The normalized spacial score (nSPS) is 12.1. The highest BCUT2D eigenvalue weighted by Gasteiger charge is 2.40. The topological polar surface area (TPSA) is 72.2 Å². The summed E-state index contributed by atoms with van der Waals surface area (Å²) in [7, 11) is -4.02. The number of rotatable bonds is 5. The predicted molar refractivity (Wildman–Crippen MR) is 121 cm³/mol. The van der Waals surface area contributed by atoms with E-state index in [1.165, 1.54) is 24.5 Å². The monoisotopic (exact) mass is 472 g/mol. The third-order valence-corrected chi connectivity index (χ3v) is 7.22. The first-order chi connectivity index (χ1) is 14.7. The summed E-state index contributed by atoms with van der Waals surface area (Å²) < 4.78 is 27.8. The van der Waals surface area contributed by atoms with E-state index in [-0.39, 0.29) is 10.7 Å². The van der Waals surface area contributed by atoms with E-state index in [4.69, 9.17) is 23.2 Å². The van der Waals surface area contributed by atoms with E-state index in [0.29, 0.717) is 21.2 Å². The van der Waals surface area contributed by atoms with Gasteiger partial charge in [0, 0.05) is 22.4 Å². The van der Waals surface area contributed by atoms with Crippen molar-refractivity contribution in [3.05, 3.63) is 118 Å². The van der Waals surface area contributed by atoms with E-state index >= 15 is 0 Å². The van der Waals surface area contributed by atoms with Gasteiger partial charge >= 0.3 is 0 Å². The minimum Gasteiger partial charge on any atom is -0.373 e. The zero-order valence-corrected chi connectivity index (χ0v) is 18.7. The molecule has 8 heteroatoms. The molecule has 0 saturated heterocycles. The summed E-state index contributed by atoms with van der Waals surface area (Å²) in [4.78, 5) is 4.35. The van der Waals surface area contributed by atoms with E-state index in [9.17, 15) is 13.5 Å². The first kappa shape index (κ1) is 21.6. The second-order valence-corrected chi connectivity index (χ2v) is 9.78. The zero-order chi connectivity index (χ0) is 22.2. The molecule has 31 heavy (non-hydrogen) atoms. The van der Waals surface area contributed by atoms with Crippen LogP contribution in [-0.4, -0.2) is 22.5 Å². The SMILES string of the molecule is Cc1ccc(S(=O)(=O)n2ccnc2C(O)(c2ccc(Cl)cc2)c2ccc(Cl)cc2)cc1. The molecule has 0 aliphatic rings. The van der Waals surface area contributed by atoms with Crippen molar-refractivity contribution in [2.75, 3.05) is 0 Å². The molecule has 0 spiro atoms. The lowest BCUT2D eigenvalue weighted by molar-refractivity contribution is 0.115. The van der Waals surface area contributed by atoms with Crippen LogP contribution in [0.25, 0.3) is 0 Å². The number of nitrogens with zero attached hydrogens (tertiary/aromatic N) is 2. The Morgan fingerprint density at radius 1 is 0.839 bits per heavy atom. The van der Waals surface area contributed by atoms with Crippen molar-refractivity contribution in [1.29, 1.82) is 0 Å². The number of hydrogen-bond donors (Lipinski definition) is 1. The van der Waals surface area contributed by atoms with Gasteiger partial charge in [0.2, 0.25) is 0 Å². The fourth-order valence-corrected chi connectivity index (χ4v) is 4.95. The molecule has 4 aromatic rings. The fraction of sp³-hybridized carbons (Fsp3) is 0.0870. The first-order valence-electron chi connectivity index (χ1n) is 9.33. The lowest BCUT2D eigenvalue weighted by atomic mass is 9.85. The van der Waals surface area contributed by atoms with Gasteiger partial charge in [0.1, 0.15) is 0 Å². The molecule has 0 aliphatic carbocycles. The molecule has 0 unspecified atom stereocenters. The molecular weight excluding hydrogens is 455 g/mol. The van der Waals surface area contributed by atoms with Crippen molar-refractivity contribution in [3.8, 4) is 0 Å². The average Bonchev–Trinajstić information content (AvgIpc) is 3.26. The van der Waals surface area contributed by atoms with Crippen LogP contribution in [0.1, 0.15) is 22.5 Å². The molecule has 4 rings (SSSR count). The Kier molecular flexibility index (Phi) is 5.66. The third-order valence-electron chi connectivity index (χ3n) is 5.03. The average molecular weight is 473 g/mol. The molecule has 0 saturated carbocycles. The standard InChI is InChI=1S/C23H18Cl2N2O3S/c1-16-2-12-21(13-3-16)31(29,30)27-15-14-26-22(27)23(28,17-4-8-19(24)9-5-17)18-6-10-20(25)11-7-18/h2-15,28H,1H3. The maximum Gasteiger partial charge on any atom is 0.269 e. The van der Waals surface area contributed by atoms with Crippen LogP contribution in [0, 0.1) is 6.92 Å². The summed E-state index contributed by atoms with van der Waals surface area (Å²) in [5.41, 5.74) is -0.128. The van der Waals surface area contributed by atoms with Gasteiger partial charge in [-0.3, -0.25) is 0 Å². The van der Waals surface area contributed by atoms with Crippen molar-refractivity contribution in [2.45, 2.75) is 17.4 Å². The number of aryl methyl sites for hydroxylation is 1. The van der Waals surface area contributed by atoms with E-state index in [0.717, 1.165) is 9.54 Å². The minimum absolute atomic E-state index is 0.0716. The molecule has 1 aromatic heterocycles. The van der Waals surface area contributed by atoms with Gasteiger partial charge in [-0.1, -0.05) is 65.2 Å². The lowest BCUT2D eigenvalue weighted by Crippen LogP contribution is -2.34. The smallest absolute Gasteiger partial charge is 0.269 e. The summed E-state index contributed by atoms with van der Waals surface area (Å²) in [5.74, 6) is -0.0716. The van der Waals surface area contributed by atoms with Crippen molar-refractivity contribution in [1.82, 2.24) is 8.96 Å². The van der Waals surface area contributed by atoms with Gasteiger partial charge in [-0.05, 0) is 54.4 Å². The maximum absolute atomic E-state index is 13.4. The molecule has 0 radical (unpaired) electrons. The number of benzene rings is 3. The molecule has 0 fully saturated rings.